The predicted molar refractivity (Wildman–Crippen MR) is 101 cm³/mol. The van der Waals surface area contributed by atoms with Crippen LogP contribution >= 0.6 is 0 Å². The third kappa shape index (κ3) is 5.47. The zero-order chi connectivity index (χ0) is 19.9. The number of rotatable bonds is 9. The second-order valence-corrected chi connectivity index (χ2v) is 6.37. The Morgan fingerprint density at radius 2 is 1.48 bits per heavy atom. The summed E-state index contributed by atoms with van der Waals surface area (Å²) in [5.41, 5.74) is 11.5. The second-order valence-electron chi connectivity index (χ2n) is 6.37. The van der Waals surface area contributed by atoms with Gasteiger partial charge in [-0.3, -0.25) is 14.4 Å². The summed E-state index contributed by atoms with van der Waals surface area (Å²) in [4.78, 5) is 36.5. The molecular weight excluding hydrogens is 346 g/mol. The quantitative estimate of drug-likeness (QED) is 0.478. The topological polar surface area (TPSA) is 136 Å². The smallest absolute Gasteiger partial charge is 0.305 e. The lowest BCUT2D eigenvalue weighted by Crippen LogP contribution is -2.65. The standard InChI is InChI=1S/C20H23N3O4/c21-16(11-17(24)25)18(26)20(22,12-14-7-3-1-4-8-14)19(27)23-13-15-9-5-2-6-10-15/h1-10,16H,11-13,21-22H2,(H,23,27)(H,24,25)/t16-,20+/m0/s1. The normalized spacial score (nSPS) is 14.0. The Hall–Kier alpha value is -3.03. The van der Waals surface area contributed by atoms with Crippen molar-refractivity contribution in [2.45, 2.75) is 31.0 Å². The number of nitrogens with two attached hydrogens (primary N) is 2. The first kappa shape index (κ1) is 20.3. The van der Waals surface area contributed by atoms with Gasteiger partial charge in [0.25, 0.3) is 0 Å². The van der Waals surface area contributed by atoms with E-state index in [0.717, 1.165) is 5.56 Å². The van der Waals surface area contributed by atoms with Gasteiger partial charge in [-0.05, 0) is 11.1 Å². The van der Waals surface area contributed by atoms with Gasteiger partial charge in [0.2, 0.25) is 5.91 Å². The van der Waals surface area contributed by atoms with Gasteiger partial charge in [-0.15, -0.1) is 0 Å². The fourth-order valence-electron chi connectivity index (χ4n) is 2.74. The Balaban J connectivity index is 2.23. The van der Waals surface area contributed by atoms with E-state index in [2.05, 4.69) is 5.32 Å². The summed E-state index contributed by atoms with van der Waals surface area (Å²) in [7, 11) is 0. The molecule has 0 saturated heterocycles. The summed E-state index contributed by atoms with van der Waals surface area (Å²) in [5, 5.41) is 11.6. The molecule has 0 aliphatic rings. The maximum atomic E-state index is 12.8. The number of carboxylic acids is 1. The number of carbonyl (C=O) groups is 3. The van der Waals surface area contributed by atoms with Crippen molar-refractivity contribution < 1.29 is 19.5 Å². The van der Waals surface area contributed by atoms with E-state index in [4.69, 9.17) is 16.6 Å². The molecular formula is C20H23N3O4. The number of hydrogen-bond acceptors (Lipinski definition) is 5. The molecule has 0 bridgehead atoms. The minimum atomic E-state index is -1.97. The van der Waals surface area contributed by atoms with Crippen LogP contribution in [0.1, 0.15) is 17.5 Å². The van der Waals surface area contributed by atoms with Gasteiger partial charge < -0.3 is 21.9 Å². The summed E-state index contributed by atoms with van der Waals surface area (Å²) in [5.74, 6) is -2.73. The van der Waals surface area contributed by atoms with Gasteiger partial charge >= 0.3 is 5.97 Å². The van der Waals surface area contributed by atoms with Crippen molar-refractivity contribution >= 4 is 17.7 Å². The van der Waals surface area contributed by atoms with Crippen LogP contribution in [0.2, 0.25) is 0 Å². The number of ketones is 1. The maximum absolute atomic E-state index is 12.8. The molecule has 2 atom stereocenters. The first-order valence-electron chi connectivity index (χ1n) is 8.49. The Morgan fingerprint density at radius 3 is 2.00 bits per heavy atom. The molecule has 6 N–H and O–H groups in total. The van der Waals surface area contributed by atoms with E-state index < -0.39 is 35.7 Å². The lowest BCUT2D eigenvalue weighted by molar-refractivity contribution is -0.142. The molecule has 7 nitrogen and oxygen atoms in total. The fraction of sp³-hybridized carbons (Fsp3) is 0.250. The van der Waals surface area contributed by atoms with E-state index in [-0.39, 0.29) is 13.0 Å². The SMILES string of the molecule is N[C@@H](CC(=O)O)C(=O)[C@](N)(Cc1ccccc1)C(=O)NCc1ccccc1. The average molecular weight is 369 g/mol. The monoisotopic (exact) mass is 369 g/mol. The van der Waals surface area contributed by atoms with Gasteiger partial charge in [0.1, 0.15) is 0 Å². The molecule has 142 valence electrons. The van der Waals surface area contributed by atoms with Crippen molar-refractivity contribution in [1.29, 1.82) is 0 Å². The van der Waals surface area contributed by atoms with Gasteiger partial charge in [-0.1, -0.05) is 60.7 Å². The molecule has 0 radical (unpaired) electrons. The predicted octanol–water partition coefficient (Wildman–Crippen LogP) is 0.614. The summed E-state index contributed by atoms with van der Waals surface area (Å²) in [6, 6.07) is 16.6. The Kier molecular flexibility index (Phi) is 6.81. The summed E-state index contributed by atoms with van der Waals surface area (Å²) in [6.07, 6.45) is -0.681. The zero-order valence-electron chi connectivity index (χ0n) is 14.8. The van der Waals surface area contributed by atoms with Gasteiger partial charge in [-0.25, -0.2) is 0 Å². The molecule has 2 aromatic rings. The third-order valence-corrected chi connectivity index (χ3v) is 4.20. The highest BCUT2D eigenvalue weighted by molar-refractivity contribution is 6.13. The first-order valence-corrected chi connectivity index (χ1v) is 8.49. The summed E-state index contributed by atoms with van der Waals surface area (Å²) >= 11 is 0. The molecule has 0 aliphatic carbocycles. The molecule has 0 fully saturated rings. The number of carbonyl (C=O) groups excluding carboxylic acids is 2. The van der Waals surface area contributed by atoms with Crippen LogP contribution in [-0.4, -0.2) is 34.3 Å². The lowest BCUT2D eigenvalue weighted by Gasteiger charge is -2.29. The summed E-state index contributed by atoms with van der Waals surface area (Å²) < 4.78 is 0. The van der Waals surface area contributed by atoms with Crippen molar-refractivity contribution in [1.82, 2.24) is 5.32 Å². The molecule has 1 amide bonds. The van der Waals surface area contributed by atoms with E-state index in [1.807, 2.05) is 30.3 Å². The Bertz CT molecular complexity index is 795. The molecule has 0 heterocycles. The van der Waals surface area contributed by atoms with E-state index in [1.165, 1.54) is 0 Å². The van der Waals surface area contributed by atoms with Gasteiger partial charge in [0.05, 0.1) is 12.5 Å². The van der Waals surface area contributed by atoms with Crippen LogP contribution in [0.5, 0.6) is 0 Å². The average Bonchev–Trinajstić information content (AvgIpc) is 2.66. The number of aliphatic carboxylic acids is 1. The maximum Gasteiger partial charge on any atom is 0.305 e. The lowest BCUT2D eigenvalue weighted by atomic mass is 9.82. The van der Waals surface area contributed by atoms with Gasteiger partial charge in [0, 0.05) is 13.0 Å². The molecule has 27 heavy (non-hydrogen) atoms. The van der Waals surface area contributed by atoms with Crippen molar-refractivity contribution in [2.75, 3.05) is 0 Å². The summed E-state index contributed by atoms with van der Waals surface area (Å²) in [6.45, 7) is 0.189. The molecule has 0 saturated carbocycles. The number of Topliss-reactive ketones (excluding diaryl/α,β-unsaturated/α-hetero) is 1. The van der Waals surface area contributed by atoms with Crippen molar-refractivity contribution in [3.63, 3.8) is 0 Å². The fourth-order valence-corrected chi connectivity index (χ4v) is 2.74. The van der Waals surface area contributed by atoms with Crippen molar-refractivity contribution in [2.24, 2.45) is 11.5 Å². The van der Waals surface area contributed by atoms with Crippen molar-refractivity contribution in [3.8, 4) is 0 Å². The van der Waals surface area contributed by atoms with Gasteiger partial charge in [0.15, 0.2) is 11.3 Å². The highest BCUT2D eigenvalue weighted by atomic mass is 16.4. The molecule has 0 aliphatic heterocycles. The highest BCUT2D eigenvalue weighted by Crippen LogP contribution is 2.16. The number of nitrogens with one attached hydrogen (secondary N) is 1. The molecule has 0 unspecified atom stereocenters. The van der Waals surface area contributed by atoms with E-state index >= 15 is 0 Å². The Morgan fingerprint density at radius 1 is 0.963 bits per heavy atom. The number of amides is 1. The van der Waals surface area contributed by atoms with Crippen LogP contribution in [0.25, 0.3) is 0 Å². The molecule has 0 aromatic heterocycles. The van der Waals surface area contributed by atoms with E-state index in [0.29, 0.717) is 5.56 Å². The van der Waals surface area contributed by atoms with Crippen LogP contribution in [0, 0.1) is 0 Å². The molecule has 2 rings (SSSR count). The minimum absolute atomic E-state index is 0.0827. The molecule has 2 aromatic carbocycles. The number of benzene rings is 2. The minimum Gasteiger partial charge on any atom is -0.481 e. The number of hydrogen-bond donors (Lipinski definition) is 4. The van der Waals surface area contributed by atoms with E-state index in [9.17, 15) is 14.4 Å². The van der Waals surface area contributed by atoms with Gasteiger partial charge in [-0.2, -0.15) is 0 Å². The third-order valence-electron chi connectivity index (χ3n) is 4.20. The molecule has 0 spiro atoms. The van der Waals surface area contributed by atoms with Crippen LogP contribution in [0.4, 0.5) is 0 Å². The van der Waals surface area contributed by atoms with Crippen molar-refractivity contribution in [3.05, 3.63) is 71.8 Å². The highest BCUT2D eigenvalue weighted by Gasteiger charge is 2.44. The first-order chi connectivity index (χ1) is 12.8. The second kappa shape index (κ2) is 9.07. The van der Waals surface area contributed by atoms with Crippen LogP contribution < -0.4 is 16.8 Å². The van der Waals surface area contributed by atoms with Crippen LogP contribution in [0.3, 0.4) is 0 Å². The van der Waals surface area contributed by atoms with E-state index in [1.54, 1.807) is 30.3 Å². The van der Waals surface area contributed by atoms with Crippen LogP contribution in [0.15, 0.2) is 60.7 Å². The number of carboxylic acid groups (broad SMARTS) is 1. The van der Waals surface area contributed by atoms with Crippen LogP contribution in [-0.2, 0) is 27.3 Å². The zero-order valence-corrected chi connectivity index (χ0v) is 14.8. The Labute approximate surface area is 157 Å². The molecule has 7 heteroatoms. The largest absolute Gasteiger partial charge is 0.481 e.